The van der Waals surface area contributed by atoms with Gasteiger partial charge < -0.3 is 15.0 Å². The maximum atomic E-state index is 12.5. The van der Waals surface area contributed by atoms with Gasteiger partial charge in [-0.2, -0.15) is 8.42 Å². The molecular weight excluding hydrogens is 402 g/mol. The highest BCUT2D eigenvalue weighted by atomic mass is 32.2. The fourth-order valence-electron chi connectivity index (χ4n) is 3.25. The molecule has 1 amide bonds. The van der Waals surface area contributed by atoms with Crippen molar-refractivity contribution in [3.05, 3.63) is 53.6 Å². The quantitative estimate of drug-likeness (QED) is 0.728. The van der Waals surface area contributed by atoms with Gasteiger partial charge in [0.2, 0.25) is 5.91 Å². The number of anilines is 1. The molecule has 30 heavy (non-hydrogen) atoms. The SMILES string of the molecule is Cc1ccc(OCCC(=O)Nc2ccc(S(=O)(=O)N=C3CCCN3C)cc2)c(C)c1. The number of hydrogen-bond donors (Lipinski definition) is 1. The first-order valence-electron chi connectivity index (χ1n) is 9.89. The van der Waals surface area contributed by atoms with Crippen molar-refractivity contribution < 1.29 is 17.9 Å². The van der Waals surface area contributed by atoms with Gasteiger partial charge in [-0.3, -0.25) is 4.79 Å². The molecule has 1 aliphatic heterocycles. The standard InChI is InChI=1S/C22H27N3O4S/c1-16-6-11-20(17(2)15-16)29-14-12-22(26)23-18-7-9-19(10-8-18)30(27,28)24-21-5-4-13-25(21)3/h6-11,15H,4-5,12-14H2,1-3H3,(H,23,26). The summed E-state index contributed by atoms with van der Waals surface area (Å²) < 4.78 is 34.6. The number of rotatable bonds is 7. The van der Waals surface area contributed by atoms with Crippen LogP contribution in [0.3, 0.4) is 0 Å². The van der Waals surface area contributed by atoms with Crippen LogP contribution in [0.1, 0.15) is 30.4 Å². The van der Waals surface area contributed by atoms with Crippen LogP contribution < -0.4 is 10.1 Å². The van der Waals surface area contributed by atoms with Crippen molar-refractivity contribution in [1.29, 1.82) is 0 Å². The molecule has 1 N–H and O–H groups in total. The highest BCUT2D eigenvalue weighted by molar-refractivity contribution is 7.90. The minimum absolute atomic E-state index is 0.103. The van der Waals surface area contributed by atoms with E-state index in [0.717, 1.165) is 29.8 Å². The first-order chi connectivity index (χ1) is 14.2. The van der Waals surface area contributed by atoms with Crippen LogP contribution in [0.2, 0.25) is 0 Å². The summed E-state index contributed by atoms with van der Waals surface area (Å²) in [5.74, 6) is 1.14. The average Bonchev–Trinajstić information content (AvgIpc) is 3.08. The predicted molar refractivity (Wildman–Crippen MR) is 118 cm³/mol. The molecule has 2 aromatic carbocycles. The summed E-state index contributed by atoms with van der Waals surface area (Å²) in [6.07, 6.45) is 1.75. The summed E-state index contributed by atoms with van der Waals surface area (Å²) in [7, 11) is -1.92. The summed E-state index contributed by atoms with van der Waals surface area (Å²) in [4.78, 5) is 14.1. The van der Waals surface area contributed by atoms with E-state index in [0.29, 0.717) is 17.9 Å². The molecule has 7 nitrogen and oxygen atoms in total. The van der Waals surface area contributed by atoms with E-state index >= 15 is 0 Å². The van der Waals surface area contributed by atoms with Crippen LogP contribution in [-0.2, 0) is 14.8 Å². The van der Waals surface area contributed by atoms with Gasteiger partial charge in [-0.25, -0.2) is 0 Å². The lowest BCUT2D eigenvalue weighted by atomic mass is 10.1. The minimum Gasteiger partial charge on any atom is -0.493 e. The zero-order valence-electron chi connectivity index (χ0n) is 17.5. The van der Waals surface area contributed by atoms with Gasteiger partial charge >= 0.3 is 0 Å². The summed E-state index contributed by atoms with van der Waals surface area (Å²) >= 11 is 0. The molecule has 2 aromatic rings. The van der Waals surface area contributed by atoms with E-state index in [-0.39, 0.29) is 23.8 Å². The number of amidine groups is 1. The molecule has 160 valence electrons. The Labute approximate surface area is 177 Å². The molecule has 0 radical (unpaired) electrons. The maximum absolute atomic E-state index is 12.5. The Balaban J connectivity index is 1.54. The highest BCUT2D eigenvalue weighted by Gasteiger charge is 2.20. The van der Waals surface area contributed by atoms with Crippen LogP contribution in [0.25, 0.3) is 0 Å². The first-order valence-corrected chi connectivity index (χ1v) is 11.3. The number of sulfonamides is 1. The van der Waals surface area contributed by atoms with Crippen molar-refractivity contribution in [2.24, 2.45) is 4.40 Å². The van der Waals surface area contributed by atoms with Crippen molar-refractivity contribution in [3.63, 3.8) is 0 Å². The van der Waals surface area contributed by atoms with Crippen molar-refractivity contribution in [2.45, 2.75) is 38.0 Å². The number of aryl methyl sites for hydroxylation is 2. The van der Waals surface area contributed by atoms with Gasteiger partial charge in [-0.05, 0) is 56.2 Å². The number of benzene rings is 2. The third kappa shape index (κ3) is 5.60. The van der Waals surface area contributed by atoms with Crippen LogP contribution in [0.4, 0.5) is 5.69 Å². The second-order valence-corrected chi connectivity index (χ2v) is 9.05. The number of ether oxygens (including phenoxy) is 1. The second-order valence-electron chi connectivity index (χ2n) is 7.45. The van der Waals surface area contributed by atoms with Crippen LogP contribution in [0.5, 0.6) is 5.75 Å². The molecule has 8 heteroatoms. The molecule has 0 saturated carbocycles. The lowest BCUT2D eigenvalue weighted by Crippen LogP contribution is -2.20. The van der Waals surface area contributed by atoms with Gasteiger partial charge in [0.1, 0.15) is 11.6 Å². The molecule has 0 spiro atoms. The zero-order chi connectivity index (χ0) is 21.7. The fourth-order valence-corrected chi connectivity index (χ4v) is 4.34. The number of hydrogen-bond acceptors (Lipinski definition) is 4. The highest BCUT2D eigenvalue weighted by Crippen LogP contribution is 2.20. The maximum Gasteiger partial charge on any atom is 0.283 e. The topological polar surface area (TPSA) is 88.1 Å². The predicted octanol–water partition coefficient (Wildman–Crippen LogP) is 3.52. The van der Waals surface area contributed by atoms with E-state index < -0.39 is 10.0 Å². The number of likely N-dealkylation sites (tertiary alicyclic amines) is 1. The Morgan fingerprint density at radius 2 is 1.90 bits per heavy atom. The van der Waals surface area contributed by atoms with Gasteiger partial charge in [-0.1, -0.05) is 17.7 Å². The number of carbonyl (C=O) groups excluding carboxylic acids is 1. The van der Waals surface area contributed by atoms with Crippen LogP contribution >= 0.6 is 0 Å². The Morgan fingerprint density at radius 1 is 1.17 bits per heavy atom. The Morgan fingerprint density at radius 3 is 2.53 bits per heavy atom. The molecule has 3 rings (SSSR count). The van der Waals surface area contributed by atoms with Crippen molar-refractivity contribution >= 4 is 27.5 Å². The van der Waals surface area contributed by atoms with E-state index in [1.165, 1.54) is 12.1 Å². The molecule has 0 aromatic heterocycles. The number of carbonyl (C=O) groups is 1. The Kier molecular flexibility index (Phi) is 6.77. The fraction of sp³-hybridized carbons (Fsp3) is 0.364. The van der Waals surface area contributed by atoms with E-state index in [1.54, 1.807) is 12.1 Å². The minimum atomic E-state index is -3.76. The first kappa shape index (κ1) is 21.8. The van der Waals surface area contributed by atoms with Gasteiger partial charge in [0.05, 0.1) is 17.9 Å². The van der Waals surface area contributed by atoms with Crippen LogP contribution in [-0.4, -0.2) is 45.3 Å². The monoisotopic (exact) mass is 429 g/mol. The lowest BCUT2D eigenvalue weighted by molar-refractivity contribution is -0.116. The average molecular weight is 430 g/mol. The lowest BCUT2D eigenvalue weighted by Gasteiger charge is -2.11. The molecular formula is C22H27N3O4S. The summed E-state index contributed by atoms with van der Waals surface area (Å²) in [6.45, 7) is 5.05. The van der Waals surface area contributed by atoms with Gasteiger partial charge in [0.15, 0.2) is 0 Å². The van der Waals surface area contributed by atoms with Crippen molar-refractivity contribution in [2.75, 3.05) is 25.5 Å². The smallest absolute Gasteiger partial charge is 0.283 e. The van der Waals surface area contributed by atoms with E-state index in [2.05, 4.69) is 9.71 Å². The molecule has 1 aliphatic rings. The Hall–Kier alpha value is -2.87. The largest absolute Gasteiger partial charge is 0.493 e. The Bertz CT molecular complexity index is 1050. The van der Waals surface area contributed by atoms with Gasteiger partial charge in [0.25, 0.3) is 10.0 Å². The normalized spacial score (nSPS) is 15.4. The number of nitrogens with one attached hydrogen (secondary N) is 1. The van der Waals surface area contributed by atoms with Gasteiger partial charge in [-0.15, -0.1) is 4.40 Å². The van der Waals surface area contributed by atoms with Crippen LogP contribution in [0, 0.1) is 13.8 Å². The van der Waals surface area contributed by atoms with E-state index in [1.807, 2.05) is 44.0 Å². The third-order valence-electron chi connectivity index (χ3n) is 4.91. The summed E-state index contributed by atoms with van der Waals surface area (Å²) in [5, 5.41) is 2.75. The third-order valence-corrected chi connectivity index (χ3v) is 6.23. The zero-order valence-corrected chi connectivity index (χ0v) is 18.3. The molecule has 0 bridgehead atoms. The van der Waals surface area contributed by atoms with Crippen molar-refractivity contribution in [3.8, 4) is 5.75 Å². The molecule has 1 saturated heterocycles. The summed E-state index contributed by atoms with van der Waals surface area (Å²) in [5.41, 5.74) is 2.71. The molecule has 1 heterocycles. The van der Waals surface area contributed by atoms with Crippen molar-refractivity contribution in [1.82, 2.24) is 4.90 Å². The number of nitrogens with zero attached hydrogens (tertiary/aromatic N) is 2. The van der Waals surface area contributed by atoms with Crippen LogP contribution in [0.15, 0.2) is 51.8 Å². The van der Waals surface area contributed by atoms with E-state index in [9.17, 15) is 13.2 Å². The molecule has 0 atom stereocenters. The molecule has 0 unspecified atom stereocenters. The second kappa shape index (κ2) is 9.30. The van der Waals surface area contributed by atoms with Gasteiger partial charge in [0, 0.05) is 25.7 Å². The number of amides is 1. The molecule has 0 aliphatic carbocycles. The molecule has 1 fully saturated rings. The van der Waals surface area contributed by atoms with E-state index in [4.69, 9.17) is 4.74 Å². The summed E-state index contributed by atoms with van der Waals surface area (Å²) in [6, 6.07) is 11.9.